The lowest BCUT2D eigenvalue weighted by Gasteiger charge is -2.08. The van der Waals surface area contributed by atoms with Gasteiger partial charge in [0, 0.05) is 10.7 Å². The summed E-state index contributed by atoms with van der Waals surface area (Å²) in [4.78, 5) is 0.0214. The van der Waals surface area contributed by atoms with E-state index in [1.807, 2.05) is 0 Å². The van der Waals surface area contributed by atoms with Crippen LogP contribution in [0.5, 0.6) is 0 Å². The van der Waals surface area contributed by atoms with Gasteiger partial charge in [-0.25, -0.2) is 8.42 Å². The fourth-order valence-electron chi connectivity index (χ4n) is 1.26. The van der Waals surface area contributed by atoms with Crippen LogP contribution >= 0.6 is 15.9 Å². The number of nitrogens with one attached hydrogen (secondary N) is 2. The van der Waals surface area contributed by atoms with Crippen molar-refractivity contribution >= 4 is 37.3 Å². The molecule has 90 valence electrons. The highest BCUT2D eigenvalue weighted by molar-refractivity contribution is 9.10. The van der Waals surface area contributed by atoms with Gasteiger partial charge < -0.3 is 5.73 Å². The summed E-state index contributed by atoms with van der Waals surface area (Å²) < 4.78 is 27.0. The standard InChI is InChI=1S/C9H9BrN4O2S/c10-6-1-2-8(11)9(3-6)17(15,16)14-7-4-12-13-5-7/h1-5,14H,11H2,(H,12,13). The number of benzene rings is 1. The van der Waals surface area contributed by atoms with Gasteiger partial charge in [-0.15, -0.1) is 0 Å². The van der Waals surface area contributed by atoms with Gasteiger partial charge in [0.15, 0.2) is 0 Å². The highest BCUT2D eigenvalue weighted by Crippen LogP contribution is 2.24. The second-order valence-corrected chi connectivity index (χ2v) is 5.84. The quantitative estimate of drug-likeness (QED) is 0.748. The molecule has 0 saturated heterocycles. The number of rotatable bonds is 3. The lowest BCUT2D eigenvalue weighted by Crippen LogP contribution is -2.14. The molecular formula is C9H9BrN4O2S. The first-order valence-electron chi connectivity index (χ1n) is 4.56. The summed E-state index contributed by atoms with van der Waals surface area (Å²) in [5, 5.41) is 6.16. The molecule has 8 heteroatoms. The first-order valence-corrected chi connectivity index (χ1v) is 6.83. The monoisotopic (exact) mass is 316 g/mol. The molecule has 0 spiro atoms. The predicted molar refractivity (Wildman–Crippen MR) is 68.0 cm³/mol. The zero-order chi connectivity index (χ0) is 12.5. The second-order valence-electron chi connectivity index (χ2n) is 3.27. The van der Waals surface area contributed by atoms with Crippen molar-refractivity contribution in [3.05, 3.63) is 35.1 Å². The molecule has 0 atom stereocenters. The van der Waals surface area contributed by atoms with Gasteiger partial charge in [-0.1, -0.05) is 15.9 Å². The van der Waals surface area contributed by atoms with Crippen LogP contribution in [-0.4, -0.2) is 18.6 Å². The van der Waals surface area contributed by atoms with Gasteiger partial charge in [-0.2, -0.15) is 5.10 Å². The maximum atomic E-state index is 12.0. The number of aromatic nitrogens is 2. The maximum Gasteiger partial charge on any atom is 0.264 e. The molecule has 0 radical (unpaired) electrons. The SMILES string of the molecule is Nc1ccc(Br)cc1S(=O)(=O)Nc1cn[nH]c1. The Morgan fingerprint density at radius 3 is 2.82 bits per heavy atom. The van der Waals surface area contributed by atoms with Gasteiger partial charge in [0.25, 0.3) is 10.0 Å². The third-order valence-electron chi connectivity index (χ3n) is 2.02. The third-order valence-corrected chi connectivity index (χ3v) is 3.95. The fourth-order valence-corrected chi connectivity index (χ4v) is 2.96. The highest BCUT2D eigenvalue weighted by Gasteiger charge is 2.18. The number of nitrogen functional groups attached to an aromatic ring is 1. The molecule has 1 aromatic carbocycles. The molecule has 0 aliphatic carbocycles. The minimum Gasteiger partial charge on any atom is -0.398 e. The number of hydrogen-bond donors (Lipinski definition) is 3. The van der Waals surface area contributed by atoms with Crippen molar-refractivity contribution < 1.29 is 8.42 Å². The number of aromatic amines is 1. The molecule has 2 rings (SSSR count). The zero-order valence-electron chi connectivity index (χ0n) is 8.51. The summed E-state index contributed by atoms with van der Waals surface area (Å²) >= 11 is 3.20. The van der Waals surface area contributed by atoms with Crippen LogP contribution in [-0.2, 0) is 10.0 Å². The summed E-state index contributed by atoms with van der Waals surface area (Å²) in [5.74, 6) is 0. The predicted octanol–water partition coefficient (Wildman–Crippen LogP) is 1.56. The Labute approximate surface area is 106 Å². The molecule has 1 aromatic heterocycles. The lowest BCUT2D eigenvalue weighted by atomic mass is 10.3. The molecule has 1 heterocycles. The van der Waals surface area contributed by atoms with E-state index in [4.69, 9.17) is 5.73 Å². The van der Waals surface area contributed by atoms with Crippen LogP contribution in [0.3, 0.4) is 0 Å². The normalized spacial score (nSPS) is 11.4. The zero-order valence-corrected chi connectivity index (χ0v) is 10.9. The Balaban J connectivity index is 2.41. The van der Waals surface area contributed by atoms with E-state index >= 15 is 0 Å². The molecule has 0 aliphatic heterocycles. The third kappa shape index (κ3) is 2.59. The number of H-pyrrole nitrogens is 1. The molecular weight excluding hydrogens is 308 g/mol. The fraction of sp³-hybridized carbons (Fsp3) is 0. The average Bonchev–Trinajstić information content (AvgIpc) is 2.73. The topological polar surface area (TPSA) is 101 Å². The van der Waals surface area contributed by atoms with Crippen molar-refractivity contribution in [2.75, 3.05) is 10.5 Å². The van der Waals surface area contributed by atoms with Crippen molar-refractivity contribution in [1.29, 1.82) is 0 Å². The molecule has 17 heavy (non-hydrogen) atoms. The Kier molecular flexibility index (Phi) is 3.07. The first-order chi connectivity index (χ1) is 7.99. The molecule has 0 saturated carbocycles. The van der Waals surface area contributed by atoms with Gasteiger partial charge >= 0.3 is 0 Å². The molecule has 6 nitrogen and oxygen atoms in total. The Morgan fingerprint density at radius 2 is 2.18 bits per heavy atom. The van der Waals surface area contributed by atoms with Gasteiger partial charge in [-0.05, 0) is 18.2 Å². The van der Waals surface area contributed by atoms with Crippen LogP contribution in [0, 0.1) is 0 Å². The highest BCUT2D eigenvalue weighted by atomic mass is 79.9. The van der Waals surface area contributed by atoms with Crippen LogP contribution in [0.25, 0.3) is 0 Å². The Hall–Kier alpha value is -1.54. The van der Waals surface area contributed by atoms with E-state index in [9.17, 15) is 8.42 Å². The summed E-state index contributed by atoms with van der Waals surface area (Å²) in [7, 11) is -3.70. The molecule has 0 unspecified atom stereocenters. The molecule has 2 aromatic rings. The largest absolute Gasteiger partial charge is 0.398 e. The van der Waals surface area contributed by atoms with Crippen LogP contribution in [0.2, 0.25) is 0 Å². The summed E-state index contributed by atoms with van der Waals surface area (Å²) in [6, 6.07) is 4.64. The minimum absolute atomic E-state index is 0.0214. The number of sulfonamides is 1. The van der Waals surface area contributed by atoms with Gasteiger partial charge in [-0.3, -0.25) is 9.82 Å². The minimum atomic E-state index is -3.70. The van der Waals surface area contributed by atoms with Gasteiger partial charge in [0.05, 0.1) is 17.6 Å². The van der Waals surface area contributed by atoms with Crippen molar-refractivity contribution in [3.63, 3.8) is 0 Å². The van der Waals surface area contributed by atoms with Crippen LogP contribution in [0.15, 0.2) is 40.0 Å². The number of nitrogens with two attached hydrogens (primary N) is 1. The van der Waals surface area contributed by atoms with Gasteiger partial charge in [0.1, 0.15) is 4.90 Å². The first kappa shape index (κ1) is 11.9. The van der Waals surface area contributed by atoms with Crippen molar-refractivity contribution in [1.82, 2.24) is 10.2 Å². The number of anilines is 2. The molecule has 0 amide bonds. The molecule has 0 aliphatic rings. The van der Waals surface area contributed by atoms with E-state index < -0.39 is 10.0 Å². The van der Waals surface area contributed by atoms with Crippen LogP contribution in [0.1, 0.15) is 0 Å². The summed E-state index contributed by atoms with van der Waals surface area (Å²) in [6.07, 6.45) is 2.80. The van der Waals surface area contributed by atoms with Crippen molar-refractivity contribution in [2.24, 2.45) is 0 Å². The second kappa shape index (κ2) is 4.38. The van der Waals surface area contributed by atoms with Crippen LogP contribution in [0.4, 0.5) is 11.4 Å². The summed E-state index contributed by atoms with van der Waals surface area (Å²) in [6.45, 7) is 0. The van der Waals surface area contributed by atoms with E-state index in [-0.39, 0.29) is 10.6 Å². The van der Waals surface area contributed by atoms with E-state index in [1.165, 1.54) is 24.5 Å². The van der Waals surface area contributed by atoms with E-state index in [0.29, 0.717) is 10.2 Å². The number of nitrogens with zero attached hydrogens (tertiary/aromatic N) is 1. The Morgan fingerprint density at radius 1 is 1.41 bits per heavy atom. The average molecular weight is 317 g/mol. The van der Waals surface area contributed by atoms with Crippen molar-refractivity contribution in [3.8, 4) is 0 Å². The maximum absolute atomic E-state index is 12.0. The van der Waals surface area contributed by atoms with E-state index in [0.717, 1.165) is 0 Å². The van der Waals surface area contributed by atoms with E-state index in [2.05, 4.69) is 30.8 Å². The molecule has 0 fully saturated rings. The smallest absolute Gasteiger partial charge is 0.264 e. The molecule has 0 bridgehead atoms. The molecule has 4 N–H and O–H groups in total. The number of hydrogen-bond acceptors (Lipinski definition) is 4. The van der Waals surface area contributed by atoms with Gasteiger partial charge in [0.2, 0.25) is 0 Å². The lowest BCUT2D eigenvalue weighted by molar-refractivity contribution is 0.601. The van der Waals surface area contributed by atoms with Crippen molar-refractivity contribution in [2.45, 2.75) is 4.90 Å². The van der Waals surface area contributed by atoms with E-state index in [1.54, 1.807) is 6.07 Å². The summed E-state index contributed by atoms with van der Waals surface area (Å²) in [5.41, 5.74) is 6.18. The van der Waals surface area contributed by atoms with Crippen LogP contribution < -0.4 is 10.5 Å². The number of halogens is 1. The Bertz CT molecular complexity index is 624.